The van der Waals surface area contributed by atoms with Crippen LogP contribution in [0.2, 0.25) is 0 Å². The summed E-state index contributed by atoms with van der Waals surface area (Å²) in [4.78, 5) is 26.3. The zero-order chi connectivity index (χ0) is 12.4. The molecule has 0 atom stereocenters. The number of hydrogen-bond donors (Lipinski definition) is 1. The molecule has 0 fully saturated rings. The Bertz CT molecular complexity index is 583. The maximum Gasteiger partial charge on any atom is 0.341 e. The molecule has 0 saturated heterocycles. The lowest BCUT2D eigenvalue weighted by Gasteiger charge is -2.01. The van der Waals surface area contributed by atoms with Crippen molar-refractivity contribution in [2.75, 3.05) is 6.61 Å². The Morgan fingerprint density at radius 2 is 2.00 bits per heavy atom. The number of carbonyl (C=O) groups is 2. The van der Waals surface area contributed by atoms with Crippen LogP contribution >= 0.6 is 0 Å². The van der Waals surface area contributed by atoms with E-state index < -0.39 is 5.97 Å². The Labute approximate surface area is 98.6 Å². The number of H-pyrrole nitrogens is 1. The highest BCUT2D eigenvalue weighted by Gasteiger charge is 2.21. The van der Waals surface area contributed by atoms with Crippen LogP contribution in [0.1, 0.15) is 34.7 Å². The van der Waals surface area contributed by atoms with E-state index in [1.807, 2.05) is 18.2 Å². The van der Waals surface area contributed by atoms with E-state index in [1.54, 1.807) is 13.0 Å². The number of aromatic nitrogens is 1. The first-order valence-corrected chi connectivity index (χ1v) is 5.44. The third kappa shape index (κ3) is 1.93. The topological polar surface area (TPSA) is 59.2 Å². The van der Waals surface area contributed by atoms with Crippen molar-refractivity contribution in [2.45, 2.75) is 13.8 Å². The number of rotatable bonds is 3. The smallest absolute Gasteiger partial charge is 0.341 e. The van der Waals surface area contributed by atoms with Crippen LogP contribution in [0.5, 0.6) is 0 Å². The number of benzene rings is 1. The lowest BCUT2D eigenvalue weighted by Crippen LogP contribution is -2.09. The van der Waals surface area contributed by atoms with Crippen molar-refractivity contribution in [3.8, 4) is 0 Å². The van der Waals surface area contributed by atoms with E-state index in [2.05, 4.69) is 4.98 Å². The molecule has 4 heteroatoms. The van der Waals surface area contributed by atoms with E-state index >= 15 is 0 Å². The summed E-state index contributed by atoms with van der Waals surface area (Å²) in [5.41, 5.74) is 1.40. The van der Waals surface area contributed by atoms with Gasteiger partial charge in [-0.15, -0.1) is 0 Å². The molecule has 0 aliphatic carbocycles. The first-order valence-electron chi connectivity index (χ1n) is 5.44. The van der Waals surface area contributed by atoms with Crippen molar-refractivity contribution in [2.24, 2.45) is 0 Å². The van der Waals surface area contributed by atoms with Crippen molar-refractivity contribution in [1.82, 2.24) is 4.98 Å². The number of nitrogens with one attached hydrogen (secondary N) is 1. The van der Waals surface area contributed by atoms with E-state index in [0.717, 1.165) is 10.9 Å². The van der Waals surface area contributed by atoms with Gasteiger partial charge in [-0.1, -0.05) is 18.2 Å². The van der Waals surface area contributed by atoms with Crippen molar-refractivity contribution in [3.05, 3.63) is 35.5 Å². The molecule has 0 bridgehead atoms. The molecule has 0 spiro atoms. The van der Waals surface area contributed by atoms with Gasteiger partial charge in [0.1, 0.15) is 0 Å². The molecule has 17 heavy (non-hydrogen) atoms. The highest BCUT2D eigenvalue weighted by Crippen LogP contribution is 2.23. The molecule has 2 rings (SSSR count). The number of esters is 1. The Morgan fingerprint density at radius 3 is 2.65 bits per heavy atom. The van der Waals surface area contributed by atoms with Crippen LogP contribution in [-0.2, 0) is 4.74 Å². The largest absolute Gasteiger partial charge is 0.462 e. The molecule has 0 unspecified atom stereocenters. The summed E-state index contributed by atoms with van der Waals surface area (Å²) in [5.74, 6) is -0.639. The second-order valence-electron chi connectivity index (χ2n) is 3.70. The second kappa shape index (κ2) is 4.41. The summed E-state index contributed by atoms with van der Waals surface area (Å²) in [6, 6.07) is 7.29. The molecule has 0 radical (unpaired) electrons. The fraction of sp³-hybridized carbons (Fsp3) is 0.231. The van der Waals surface area contributed by atoms with Crippen molar-refractivity contribution in [1.29, 1.82) is 0 Å². The molecule has 88 valence electrons. The number of ketones is 1. The summed E-state index contributed by atoms with van der Waals surface area (Å²) in [5, 5.41) is 0.719. The zero-order valence-corrected chi connectivity index (χ0v) is 9.74. The van der Waals surface area contributed by atoms with Crippen LogP contribution in [0.25, 0.3) is 10.9 Å². The number of para-hydroxylation sites is 1. The first kappa shape index (κ1) is 11.4. The quantitative estimate of drug-likeness (QED) is 0.652. The van der Waals surface area contributed by atoms with E-state index in [0.29, 0.717) is 11.3 Å². The van der Waals surface area contributed by atoms with E-state index in [-0.39, 0.29) is 12.4 Å². The third-order valence-electron chi connectivity index (χ3n) is 2.54. The molecule has 0 aliphatic heterocycles. The standard InChI is InChI=1S/C13H13NO3/c1-3-17-13(16)11-9-6-4-5-7-10(9)14-12(11)8(2)15/h4-7,14H,3H2,1-2H3. The van der Waals surface area contributed by atoms with Crippen LogP contribution in [0, 0.1) is 0 Å². The molecular weight excluding hydrogens is 218 g/mol. The highest BCUT2D eigenvalue weighted by molar-refractivity contribution is 6.13. The number of ether oxygens (including phenoxy) is 1. The minimum absolute atomic E-state index is 0.177. The Kier molecular flexibility index (Phi) is 2.95. The minimum Gasteiger partial charge on any atom is -0.462 e. The SMILES string of the molecule is CCOC(=O)c1c(C(C)=O)[nH]c2ccccc12. The van der Waals surface area contributed by atoms with Gasteiger partial charge in [-0.25, -0.2) is 4.79 Å². The van der Waals surface area contributed by atoms with Gasteiger partial charge in [-0.05, 0) is 13.0 Å². The van der Waals surface area contributed by atoms with Crippen LogP contribution in [-0.4, -0.2) is 23.3 Å². The number of aromatic amines is 1. The summed E-state index contributed by atoms with van der Waals surface area (Å²) in [6.45, 7) is 3.45. The maximum absolute atomic E-state index is 11.9. The molecule has 1 heterocycles. The minimum atomic E-state index is -0.463. The zero-order valence-electron chi connectivity index (χ0n) is 9.74. The van der Waals surface area contributed by atoms with Gasteiger partial charge in [-0.2, -0.15) is 0 Å². The summed E-state index contributed by atoms with van der Waals surface area (Å²) in [7, 11) is 0. The van der Waals surface area contributed by atoms with Gasteiger partial charge in [0.25, 0.3) is 0 Å². The second-order valence-corrected chi connectivity index (χ2v) is 3.70. The van der Waals surface area contributed by atoms with Crippen LogP contribution < -0.4 is 0 Å². The average molecular weight is 231 g/mol. The van der Waals surface area contributed by atoms with Crippen LogP contribution in [0.15, 0.2) is 24.3 Å². The normalized spacial score (nSPS) is 10.5. The van der Waals surface area contributed by atoms with Gasteiger partial charge in [0, 0.05) is 17.8 Å². The molecule has 0 saturated carbocycles. The van der Waals surface area contributed by atoms with Gasteiger partial charge in [0.05, 0.1) is 17.9 Å². The van der Waals surface area contributed by atoms with Crippen molar-refractivity contribution < 1.29 is 14.3 Å². The van der Waals surface area contributed by atoms with Gasteiger partial charge >= 0.3 is 5.97 Å². The molecule has 0 amide bonds. The summed E-state index contributed by atoms with van der Waals surface area (Å²) < 4.78 is 4.97. The summed E-state index contributed by atoms with van der Waals surface area (Å²) >= 11 is 0. The number of carbonyl (C=O) groups excluding carboxylic acids is 2. The Morgan fingerprint density at radius 1 is 1.29 bits per heavy atom. The molecule has 1 aromatic heterocycles. The predicted molar refractivity (Wildman–Crippen MR) is 64.3 cm³/mol. The predicted octanol–water partition coefficient (Wildman–Crippen LogP) is 2.55. The monoisotopic (exact) mass is 231 g/mol. The lowest BCUT2D eigenvalue weighted by atomic mass is 10.1. The van der Waals surface area contributed by atoms with Gasteiger partial charge < -0.3 is 9.72 Å². The molecule has 2 aromatic rings. The number of fused-ring (bicyclic) bond motifs is 1. The molecule has 4 nitrogen and oxygen atoms in total. The Hall–Kier alpha value is -2.10. The fourth-order valence-corrected chi connectivity index (χ4v) is 1.82. The van der Waals surface area contributed by atoms with Crippen molar-refractivity contribution >= 4 is 22.7 Å². The van der Waals surface area contributed by atoms with Crippen molar-refractivity contribution in [3.63, 3.8) is 0 Å². The van der Waals surface area contributed by atoms with E-state index in [1.165, 1.54) is 6.92 Å². The van der Waals surface area contributed by atoms with Gasteiger partial charge in [0.15, 0.2) is 5.78 Å². The highest BCUT2D eigenvalue weighted by atomic mass is 16.5. The van der Waals surface area contributed by atoms with Crippen LogP contribution in [0.4, 0.5) is 0 Å². The average Bonchev–Trinajstić information content (AvgIpc) is 2.68. The molecule has 1 aromatic carbocycles. The molecule has 1 N–H and O–H groups in total. The summed E-state index contributed by atoms with van der Waals surface area (Å²) in [6.07, 6.45) is 0. The van der Waals surface area contributed by atoms with Gasteiger partial charge in [0.2, 0.25) is 0 Å². The van der Waals surface area contributed by atoms with Crippen LogP contribution in [0.3, 0.4) is 0 Å². The molecule has 0 aliphatic rings. The lowest BCUT2D eigenvalue weighted by molar-refractivity contribution is 0.0525. The first-order chi connectivity index (χ1) is 8.15. The van der Waals surface area contributed by atoms with E-state index in [9.17, 15) is 9.59 Å². The number of hydrogen-bond acceptors (Lipinski definition) is 3. The third-order valence-corrected chi connectivity index (χ3v) is 2.54. The Balaban J connectivity index is 2.68. The molecular formula is C13H13NO3. The maximum atomic E-state index is 11.9. The van der Waals surface area contributed by atoms with E-state index in [4.69, 9.17) is 4.74 Å². The van der Waals surface area contributed by atoms with Gasteiger partial charge in [-0.3, -0.25) is 4.79 Å². The fourth-order valence-electron chi connectivity index (χ4n) is 1.82. The number of Topliss-reactive ketones (excluding diaryl/α,β-unsaturated/α-hetero) is 1.